The van der Waals surface area contributed by atoms with Crippen LogP contribution in [0, 0.1) is 10.1 Å². The average molecular weight is 437 g/mol. The maximum atomic E-state index is 13.0. The Balaban J connectivity index is 2.01. The van der Waals surface area contributed by atoms with E-state index in [1.54, 1.807) is 18.0 Å². The van der Waals surface area contributed by atoms with E-state index in [9.17, 15) is 23.3 Å². The summed E-state index contributed by atoms with van der Waals surface area (Å²) in [7, 11) is -2.55. The molecule has 2 aromatic rings. The van der Waals surface area contributed by atoms with Crippen molar-refractivity contribution in [1.29, 1.82) is 0 Å². The third-order valence-electron chi connectivity index (χ3n) is 5.26. The monoisotopic (exact) mass is 436 g/mol. The van der Waals surface area contributed by atoms with E-state index >= 15 is 0 Å². The van der Waals surface area contributed by atoms with E-state index < -0.39 is 25.3 Å². The van der Waals surface area contributed by atoms with E-state index in [1.807, 2.05) is 0 Å². The number of halogens is 1. The molecule has 0 N–H and O–H groups in total. The molecule has 154 valence electrons. The average Bonchev–Trinajstić information content (AvgIpc) is 2.73. The lowest BCUT2D eigenvalue weighted by molar-refractivity contribution is -0.387. The van der Waals surface area contributed by atoms with Crippen molar-refractivity contribution >= 4 is 33.0 Å². The first-order chi connectivity index (χ1) is 13.7. The smallest absolute Gasteiger partial charge is 0.289 e. The second-order valence-electron chi connectivity index (χ2n) is 7.08. The van der Waals surface area contributed by atoms with Gasteiger partial charge in [0.2, 0.25) is 9.84 Å². The van der Waals surface area contributed by atoms with Gasteiger partial charge < -0.3 is 4.90 Å². The number of hydrogen-bond donors (Lipinski definition) is 0. The molecule has 29 heavy (non-hydrogen) atoms. The maximum absolute atomic E-state index is 13.0. The Morgan fingerprint density at radius 3 is 2.38 bits per heavy atom. The van der Waals surface area contributed by atoms with E-state index in [2.05, 4.69) is 0 Å². The van der Waals surface area contributed by atoms with Gasteiger partial charge in [-0.3, -0.25) is 14.9 Å². The highest BCUT2D eigenvalue weighted by molar-refractivity contribution is 7.91. The molecule has 0 atom stereocenters. The highest BCUT2D eigenvalue weighted by atomic mass is 35.5. The lowest BCUT2D eigenvalue weighted by Gasteiger charge is -2.31. The third-order valence-corrected chi connectivity index (χ3v) is 7.56. The summed E-state index contributed by atoms with van der Waals surface area (Å²) in [6, 6.07) is 9.29. The number of hydrogen-bond acceptors (Lipinski definition) is 5. The van der Waals surface area contributed by atoms with Gasteiger partial charge in [0, 0.05) is 24.7 Å². The van der Waals surface area contributed by atoms with Crippen molar-refractivity contribution in [3.05, 3.63) is 63.2 Å². The van der Waals surface area contributed by atoms with Crippen LogP contribution in [0.3, 0.4) is 0 Å². The largest absolute Gasteiger partial charge is 0.339 e. The molecule has 2 aromatic carbocycles. The third kappa shape index (κ3) is 4.28. The molecule has 1 aliphatic carbocycles. The molecule has 0 saturated heterocycles. The fourth-order valence-corrected chi connectivity index (χ4v) is 5.56. The zero-order valence-corrected chi connectivity index (χ0v) is 17.4. The number of benzene rings is 2. The van der Waals surface area contributed by atoms with Crippen LogP contribution >= 0.6 is 11.6 Å². The van der Waals surface area contributed by atoms with Crippen molar-refractivity contribution in [3.63, 3.8) is 0 Å². The summed E-state index contributed by atoms with van der Waals surface area (Å²) >= 11 is 5.99. The molecule has 1 amide bonds. The van der Waals surface area contributed by atoms with E-state index in [4.69, 9.17) is 11.6 Å². The van der Waals surface area contributed by atoms with Crippen molar-refractivity contribution in [2.24, 2.45) is 0 Å². The Kier molecular flexibility index (Phi) is 6.24. The second kappa shape index (κ2) is 8.51. The van der Waals surface area contributed by atoms with Crippen LogP contribution in [0.2, 0.25) is 5.02 Å². The first-order valence-electron chi connectivity index (χ1n) is 9.28. The van der Waals surface area contributed by atoms with Crippen LogP contribution in [0.5, 0.6) is 0 Å². The number of sulfone groups is 1. The molecule has 1 fully saturated rings. The Hall–Kier alpha value is -2.45. The fourth-order valence-electron chi connectivity index (χ4n) is 3.64. The van der Waals surface area contributed by atoms with Gasteiger partial charge in [0.25, 0.3) is 11.6 Å². The van der Waals surface area contributed by atoms with E-state index in [1.165, 1.54) is 24.3 Å². The van der Waals surface area contributed by atoms with E-state index in [0.717, 1.165) is 44.2 Å². The number of nitrogens with zero attached hydrogens (tertiary/aromatic N) is 2. The van der Waals surface area contributed by atoms with Crippen LogP contribution in [0.15, 0.2) is 52.3 Å². The highest BCUT2D eigenvalue weighted by Crippen LogP contribution is 2.34. The van der Waals surface area contributed by atoms with Gasteiger partial charge in [0.1, 0.15) is 4.90 Å². The number of amides is 1. The molecule has 9 heteroatoms. The van der Waals surface area contributed by atoms with Gasteiger partial charge in [-0.1, -0.05) is 43.0 Å². The van der Waals surface area contributed by atoms with Crippen molar-refractivity contribution in [1.82, 2.24) is 4.90 Å². The van der Waals surface area contributed by atoms with E-state index in [0.29, 0.717) is 0 Å². The van der Waals surface area contributed by atoms with Crippen molar-refractivity contribution < 1.29 is 18.1 Å². The minimum atomic E-state index is -4.23. The lowest BCUT2D eigenvalue weighted by atomic mass is 9.94. The summed E-state index contributed by atoms with van der Waals surface area (Å²) < 4.78 is 25.9. The first kappa shape index (κ1) is 21.3. The zero-order valence-electron chi connectivity index (χ0n) is 15.9. The molecular formula is C20H21ClN2O5S. The molecule has 7 nitrogen and oxygen atoms in total. The van der Waals surface area contributed by atoms with E-state index in [-0.39, 0.29) is 27.4 Å². The minimum Gasteiger partial charge on any atom is -0.339 e. The Morgan fingerprint density at radius 1 is 1.10 bits per heavy atom. The molecule has 1 aliphatic rings. The summed E-state index contributed by atoms with van der Waals surface area (Å²) in [6.07, 6.45) is 5.00. The summed E-state index contributed by atoms with van der Waals surface area (Å²) in [5.74, 6) is -0.360. The molecule has 0 aromatic heterocycles. The zero-order chi connectivity index (χ0) is 21.2. The SMILES string of the molecule is CN(C(=O)c1ccc(S(=O)(=O)c2ccccc2Cl)c([N+](=O)[O-])c1)C1CCCCC1. The summed E-state index contributed by atoms with van der Waals surface area (Å²) in [5.41, 5.74) is -0.560. The van der Waals surface area contributed by atoms with Crippen LogP contribution in [-0.2, 0) is 9.84 Å². The topological polar surface area (TPSA) is 97.6 Å². The number of nitro benzene ring substituents is 1. The fraction of sp³-hybridized carbons (Fsp3) is 0.350. The molecule has 0 unspecified atom stereocenters. The number of nitro groups is 1. The highest BCUT2D eigenvalue weighted by Gasteiger charge is 2.31. The number of carbonyl (C=O) groups is 1. The standard InChI is InChI=1S/C20H21ClN2O5S/c1-22(15-7-3-2-4-8-15)20(24)14-11-12-19(17(13-14)23(25)26)29(27,28)18-10-6-5-9-16(18)21/h5-6,9-13,15H,2-4,7-8H2,1H3. The molecule has 0 radical (unpaired) electrons. The van der Waals surface area contributed by atoms with Gasteiger partial charge in [0.15, 0.2) is 0 Å². The molecule has 0 bridgehead atoms. The van der Waals surface area contributed by atoms with Crippen molar-refractivity contribution in [2.45, 2.75) is 47.9 Å². The van der Waals surface area contributed by atoms with Crippen molar-refractivity contribution in [2.75, 3.05) is 7.05 Å². The predicted octanol–water partition coefficient (Wildman–Crippen LogP) is 4.49. The Labute approximate surface area is 174 Å². The Bertz CT molecular complexity index is 1050. The molecule has 0 heterocycles. The van der Waals surface area contributed by atoms with Gasteiger partial charge in [-0.15, -0.1) is 0 Å². The first-order valence-corrected chi connectivity index (χ1v) is 11.1. The summed E-state index contributed by atoms with van der Waals surface area (Å²) in [4.78, 5) is 24.5. The van der Waals surface area contributed by atoms with Crippen molar-refractivity contribution in [3.8, 4) is 0 Å². The second-order valence-corrected chi connectivity index (χ2v) is 9.38. The minimum absolute atomic E-state index is 0.0287. The van der Waals surface area contributed by atoms with Crippen LogP contribution in [0.4, 0.5) is 5.69 Å². The van der Waals surface area contributed by atoms with Crippen LogP contribution in [0.25, 0.3) is 0 Å². The quantitative estimate of drug-likeness (QED) is 0.508. The molecular weight excluding hydrogens is 416 g/mol. The normalized spacial score (nSPS) is 15.1. The van der Waals surface area contributed by atoms with Crippen LogP contribution in [0.1, 0.15) is 42.5 Å². The van der Waals surface area contributed by atoms with Crippen LogP contribution in [-0.4, -0.2) is 37.2 Å². The van der Waals surface area contributed by atoms with Gasteiger partial charge >= 0.3 is 0 Å². The Morgan fingerprint density at radius 2 is 1.76 bits per heavy atom. The lowest BCUT2D eigenvalue weighted by Crippen LogP contribution is -2.38. The van der Waals surface area contributed by atoms with Crippen LogP contribution < -0.4 is 0 Å². The van der Waals surface area contributed by atoms with Gasteiger partial charge in [-0.05, 0) is 37.1 Å². The number of rotatable bonds is 5. The maximum Gasteiger partial charge on any atom is 0.289 e. The van der Waals surface area contributed by atoms with Gasteiger partial charge in [0.05, 0.1) is 14.8 Å². The van der Waals surface area contributed by atoms with Gasteiger partial charge in [-0.25, -0.2) is 8.42 Å². The van der Waals surface area contributed by atoms with Gasteiger partial charge in [-0.2, -0.15) is 0 Å². The molecule has 1 saturated carbocycles. The molecule has 3 rings (SSSR count). The summed E-state index contributed by atoms with van der Waals surface area (Å²) in [5, 5.41) is 11.6. The molecule has 0 spiro atoms. The number of carbonyl (C=O) groups excluding carboxylic acids is 1. The summed E-state index contributed by atoms with van der Waals surface area (Å²) in [6.45, 7) is 0. The predicted molar refractivity (Wildman–Crippen MR) is 109 cm³/mol. The molecule has 0 aliphatic heterocycles.